The molecule has 2 rings (SSSR count). The van der Waals surface area contributed by atoms with E-state index >= 15 is 0 Å². The summed E-state index contributed by atoms with van der Waals surface area (Å²) in [5.74, 6) is 0. The molecule has 2 N–H and O–H groups in total. The number of hydrogen-bond donors (Lipinski definition) is 1. The normalized spacial score (nSPS) is 10.9. The Morgan fingerprint density at radius 2 is 2.07 bits per heavy atom. The van der Waals surface area contributed by atoms with Crippen LogP contribution in [-0.4, -0.2) is 16.7 Å². The van der Waals surface area contributed by atoms with Gasteiger partial charge in [-0.25, -0.2) is 0 Å². The molecule has 0 aromatic carbocycles. The Hall–Kier alpha value is 0.180. The first-order valence-electron chi connectivity index (χ1n) is 4.18. The predicted molar refractivity (Wildman–Crippen MR) is 71.4 cm³/mol. The zero-order chi connectivity index (χ0) is 10.8. The third kappa shape index (κ3) is 2.65. The van der Waals surface area contributed by atoms with Gasteiger partial charge in [-0.2, -0.15) is 0 Å². The minimum Gasteiger partial charge on any atom is -0.330 e. The molecule has 0 saturated heterocycles. The van der Waals surface area contributed by atoms with E-state index in [9.17, 15) is 0 Å². The van der Waals surface area contributed by atoms with Crippen molar-refractivity contribution in [2.24, 2.45) is 5.73 Å². The maximum atomic E-state index is 5.46. The van der Waals surface area contributed by atoms with Crippen molar-refractivity contribution >= 4 is 54.5 Å². The topological polar surface area (TPSA) is 51.8 Å². The van der Waals surface area contributed by atoms with Gasteiger partial charge in [-0.1, -0.05) is 11.3 Å². The largest absolute Gasteiger partial charge is 0.330 e. The van der Waals surface area contributed by atoms with Crippen LogP contribution in [0.1, 0.15) is 5.01 Å². The summed E-state index contributed by atoms with van der Waals surface area (Å²) < 4.78 is 2.13. The average molecular weight is 369 g/mol. The first kappa shape index (κ1) is 11.7. The first-order valence-corrected chi connectivity index (χ1v) is 7.40. The van der Waals surface area contributed by atoms with Crippen LogP contribution in [0.15, 0.2) is 14.3 Å². The van der Waals surface area contributed by atoms with Gasteiger partial charge in [-0.3, -0.25) is 0 Å². The monoisotopic (exact) mass is 367 g/mol. The van der Waals surface area contributed by atoms with E-state index in [1.165, 1.54) is 0 Å². The number of hydrogen-bond acceptors (Lipinski definition) is 5. The zero-order valence-corrected chi connectivity index (χ0v) is 12.3. The molecule has 0 saturated carbocycles. The average Bonchev–Trinajstić information content (AvgIpc) is 2.76. The SMILES string of the molecule is NCCc1nnc(-c2cc(Br)c(Br)s2)s1. The maximum Gasteiger partial charge on any atom is 0.157 e. The van der Waals surface area contributed by atoms with Crippen molar-refractivity contribution in [3.63, 3.8) is 0 Å². The molecule has 0 aliphatic carbocycles. The lowest BCUT2D eigenvalue weighted by atomic mass is 10.5. The molecule has 7 heteroatoms. The lowest BCUT2D eigenvalue weighted by molar-refractivity contribution is 0.914. The van der Waals surface area contributed by atoms with Gasteiger partial charge in [-0.05, 0) is 44.5 Å². The highest BCUT2D eigenvalue weighted by molar-refractivity contribution is 9.13. The Bertz CT molecular complexity index is 447. The summed E-state index contributed by atoms with van der Waals surface area (Å²) in [4.78, 5) is 1.12. The molecule has 2 aromatic rings. The van der Waals surface area contributed by atoms with Crippen LogP contribution in [0.25, 0.3) is 9.88 Å². The molecule has 15 heavy (non-hydrogen) atoms. The van der Waals surface area contributed by atoms with Crippen LogP contribution in [0, 0.1) is 0 Å². The van der Waals surface area contributed by atoms with Crippen LogP contribution in [0.2, 0.25) is 0 Å². The third-order valence-corrected chi connectivity index (χ3v) is 6.09. The number of rotatable bonds is 3. The fraction of sp³-hybridized carbons (Fsp3) is 0.250. The number of aromatic nitrogens is 2. The van der Waals surface area contributed by atoms with Crippen LogP contribution < -0.4 is 5.73 Å². The second kappa shape index (κ2) is 5.01. The van der Waals surface area contributed by atoms with E-state index in [0.29, 0.717) is 6.54 Å². The van der Waals surface area contributed by atoms with Crippen LogP contribution in [0.3, 0.4) is 0 Å². The zero-order valence-electron chi connectivity index (χ0n) is 7.54. The highest BCUT2D eigenvalue weighted by Crippen LogP contribution is 2.39. The van der Waals surface area contributed by atoms with E-state index in [1.807, 2.05) is 6.07 Å². The quantitative estimate of drug-likeness (QED) is 0.904. The fourth-order valence-electron chi connectivity index (χ4n) is 1.03. The minimum atomic E-state index is 0.618. The van der Waals surface area contributed by atoms with Crippen molar-refractivity contribution in [2.45, 2.75) is 6.42 Å². The van der Waals surface area contributed by atoms with Gasteiger partial charge in [0.05, 0.1) is 8.66 Å². The van der Waals surface area contributed by atoms with Crippen molar-refractivity contribution in [2.75, 3.05) is 6.54 Å². The van der Waals surface area contributed by atoms with Gasteiger partial charge in [0.25, 0.3) is 0 Å². The van der Waals surface area contributed by atoms with Gasteiger partial charge in [0.1, 0.15) is 5.01 Å². The molecule has 2 aromatic heterocycles. The molecule has 0 atom stereocenters. The van der Waals surface area contributed by atoms with Crippen molar-refractivity contribution < 1.29 is 0 Å². The standard InChI is InChI=1S/C8H7Br2N3S2/c9-4-3-5(14-7(4)10)8-13-12-6(15-8)1-2-11/h3H,1-2,11H2. The summed E-state index contributed by atoms with van der Waals surface area (Å²) in [6.07, 6.45) is 0.797. The van der Waals surface area contributed by atoms with Crippen molar-refractivity contribution in [3.8, 4) is 9.88 Å². The number of thiophene rings is 1. The molecule has 0 radical (unpaired) electrons. The molecule has 0 aliphatic heterocycles. The molecular weight excluding hydrogens is 362 g/mol. The Balaban J connectivity index is 2.28. The first-order chi connectivity index (χ1) is 7.20. The third-order valence-electron chi connectivity index (χ3n) is 1.68. The Morgan fingerprint density at radius 3 is 2.67 bits per heavy atom. The van der Waals surface area contributed by atoms with Gasteiger partial charge >= 0.3 is 0 Å². The Labute approximate surface area is 112 Å². The summed E-state index contributed by atoms with van der Waals surface area (Å²) in [6.45, 7) is 0.618. The summed E-state index contributed by atoms with van der Waals surface area (Å²) in [7, 11) is 0. The van der Waals surface area contributed by atoms with Gasteiger partial charge < -0.3 is 5.73 Å². The van der Waals surface area contributed by atoms with Crippen molar-refractivity contribution in [1.29, 1.82) is 0 Å². The molecule has 2 heterocycles. The van der Waals surface area contributed by atoms with Gasteiger partial charge in [0.2, 0.25) is 0 Å². The number of halogens is 2. The predicted octanol–water partition coefficient (Wildman–Crippen LogP) is 3.29. The van der Waals surface area contributed by atoms with Gasteiger partial charge in [0, 0.05) is 10.9 Å². The van der Waals surface area contributed by atoms with E-state index in [-0.39, 0.29) is 0 Å². The van der Waals surface area contributed by atoms with E-state index in [0.717, 1.165) is 29.6 Å². The summed E-state index contributed by atoms with van der Waals surface area (Å²) in [6, 6.07) is 2.04. The van der Waals surface area contributed by atoms with Crippen molar-refractivity contribution in [1.82, 2.24) is 10.2 Å². The van der Waals surface area contributed by atoms with Gasteiger partial charge in [-0.15, -0.1) is 21.5 Å². The molecule has 0 amide bonds. The van der Waals surface area contributed by atoms with Gasteiger partial charge in [0.15, 0.2) is 5.01 Å². The van der Waals surface area contributed by atoms with Crippen LogP contribution in [-0.2, 0) is 6.42 Å². The summed E-state index contributed by atoms with van der Waals surface area (Å²) in [5.41, 5.74) is 5.46. The van der Waals surface area contributed by atoms with E-state index in [4.69, 9.17) is 5.73 Å². The number of nitrogens with zero attached hydrogens (tertiary/aromatic N) is 2. The maximum absolute atomic E-state index is 5.46. The summed E-state index contributed by atoms with van der Waals surface area (Å²) >= 11 is 10.2. The lowest BCUT2D eigenvalue weighted by Crippen LogP contribution is -2.01. The Kier molecular flexibility index (Phi) is 3.89. The number of nitrogens with two attached hydrogens (primary N) is 1. The highest BCUT2D eigenvalue weighted by atomic mass is 79.9. The molecule has 80 valence electrons. The summed E-state index contributed by atoms with van der Waals surface area (Å²) in [5, 5.41) is 10.2. The fourth-order valence-corrected chi connectivity index (χ4v) is 3.96. The molecule has 0 spiro atoms. The van der Waals surface area contributed by atoms with Crippen molar-refractivity contribution in [3.05, 3.63) is 19.3 Å². The molecular formula is C8H7Br2N3S2. The second-order valence-corrected chi connectivity index (χ2v) is 7.06. The van der Waals surface area contributed by atoms with E-state index in [2.05, 4.69) is 42.1 Å². The van der Waals surface area contributed by atoms with Crippen LogP contribution in [0.4, 0.5) is 0 Å². The molecule has 0 aliphatic rings. The molecule has 0 unspecified atom stereocenters. The minimum absolute atomic E-state index is 0.618. The molecule has 3 nitrogen and oxygen atoms in total. The lowest BCUT2D eigenvalue weighted by Gasteiger charge is -1.86. The Morgan fingerprint density at radius 1 is 1.27 bits per heavy atom. The highest BCUT2D eigenvalue weighted by Gasteiger charge is 2.11. The van der Waals surface area contributed by atoms with E-state index in [1.54, 1.807) is 22.7 Å². The smallest absolute Gasteiger partial charge is 0.157 e. The second-order valence-electron chi connectivity index (χ2n) is 2.77. The van der Waals surface area contributed by atoms with E-state index < -0.39 is 0 Å². The van der Waals surface area contributed by atoms with Crippen LogP contribution >= 0.6 is 54.5 Å². The molecule has 0 bridgehead atoms. The van der Waals surface area contributed by atoms with Crippen LogP contribution in [0.5, 0.6) is 0 Å². The molecule has 0 fully saturated rings.